The molecule has 0 saturated carbocycles. The Morgan fingerprint density at radius 3 is 3.12 bits per heavy atom. The Bertz CT molecular complexity index is 386. The highest BCUT2D eigenvalue weighted by Gasteiger charge is 2.21. The molecule has 1 aliphatic heterocycles. The molecule has 0 bridgehead atoms. The van der Waals surface area contributed by atoms with Gasteiger partial charge in [0.05, 0.1) is 6.10 Å². The Labute approximate surface area is 125 Å². The van der Waals surface area contributed by atoms with Crippen molar-refractivity contribution in [2.45, 2.75) is 38.3 Å². The van der Waals surface area contributed by atoms with Gasteiger partial charge in [-0.3, -0.25) is 0 Å². The monoisotopic (exact) mass is 409 g/mol. The molecule has 2 atom stereocenters. The van der Waals surface area contributed by atoms with Gasteiger partial charge in [-0.05, 0) is 60.1 Å². The summed E-state index contributed by atoms with van der Waals surface area (Å²) in [6.45, 7) is 3.07. The van der Waals surface area contributed by atoms with Crippen LogP contribution in [0, 0.1) is 3.57 Å². The van der Waals surface area contributed by atoms with Gasteiger partial charge in [0.25, 0.3) is 0 Å². The van der Waals surface area contributed by atoms with Crippen LogP contribution in [0.3, 0.4) is 0 Å². The summed E-state index contributed by atoms with van der Waals surface area (Å²) in [7, 11) is 0. The maximum Gasteiger partial charge on any atom is 0.0592 e. The van der Waals surface area contributed by atoms with E-state index in [4.69, 9.17) is 4.74 Å². The third kappa shape index (κ3) is 3.83. The molecule has 1 heterocycles. The van der Waals surface area contributed by atoms with E-state index in [0.29, 0.717) is 12.1 Å². The Balaban J connectivity index is 2.02. The number of benzene rings is 1. The Kier molecular flexibility index (Phi) is 5.11. The first-order valence-corrected chi connectivity index (χ1v) is 7.89. The van der Waals surface area contributed by atoms with Gasteiger partial charge in [-0.15, -0.1) is 0 Å². The van der Waals surface area contributed by atoms with Gasteiger partial charge in [0.2, 0.25) is 0 Å². The maximum atomic E-state index is 5.70. The van der Waals surface area contributed by atoms with E-state index in [0.717, 1.165) is 30.3 Å². The van der Waals surface area contributed by atoms with Crippen molar-refractivity contribution in [1.29, 1.82) is 0 Å². The minimum Gasteiger partial charge on any atom is -0.381 e. The quantitative estimate of drug-likeness (QED) is 0.746. The number of halogens is 2. The maximum absolute atomic E-state index is 5.70. The van der Waals surface area contributed by atoms with Crippen molar-refractivity contribution in [1.82, 2.24) is 0 Å². The molecular weight excluding hydrogens is 393 g/mol. The van der Waals surface area contributed by atoms with Gasteiger partial charge in [-0.1, -0.05) is 22.9 Å². The van der Waals surface area contributed by atoms with Gasteiger partial charge in [0.15, 0.2) is 0 Å². The van der Waals surface area contributed by atoms with Gasteiger partial charge < -0.3 is 10.1 Å². The third-order valence-electron chi connectivity index (χ3n) is 3.11. The van der Waals surface area contributed by atoms with Crippen LogP contribution in [0.15, 0.2) is 22.7 Å². The van der Waals surface area contributed by atoms with E-state index < -0.39 is 0 Å². The highest BCUT2D eigenvalue weighted by atomic mass is 127. The number of rotatable bonds is 3. The number of ether oxygens (including phenoxy) is 1. The molecule has 2 rings (SSSR count). The normalized spacial score (nSPS) is 24.6. The first-order valence-electron chi connectivity index (χ1n) is 6.02. The van der Waals surface area contributed by atoms with Crippen molar-refractivity contribution < 1.29 is 4.74 Å². The SMILES string of the molecule is CCC1CC(Nc2cc(Br)ccc2I)CCO1. The minimum absolute atomic E-state index is 0.422. The van der Waals surface area contributed by atoms with Crippen molar-refractivity contribution in [2.75, 3.05) is 11.9 Å². The predicted molar refractivity (Wildman–Crippen MR) is 83.5 cm³/mol. The summed E-state index contributed by atoms with van der Waals surface area (Å²) >= 11 is 5.89. The third-order valence-corrected chi connectivity index (χ3v) is 4.54. The van der Waals surface area contributed by atoms with E-state index in [2.05, 4.69) is 69.0 Å². The Hall–Kier alpha value is 0.190. The average molecular weight is 410 g/mol. The lowest BCUT2D eigenvalue weighted by atomic mass is 10.0. The van der Waals surface area contributed by atoms with Crippen LogP contribution >= 0.6 is 38.5 Å². The van der Waals surface area contributed by atoms with E-state index in [9.17, 15) is 0 Å². The van der Waals surface area contributed by atoms with Gasteiger partial charge in [-0.2, -0.15) is 0 Å². The van der Waals surface area contributed by atoms with Crippen LogP contribution < -0.4 is 5.32 Å². The van der Waals surface area contributed by atoms with Gasteiger partial charge >= 0.3 is 0 Å². The second-order valence-electron chi connectivity index (χ2n) is 4.39. The molecule has 1 N–H and O–H groups in total. The molecule has 1 fully saturated rings. The van der Waals surface area contributed by atoms with Crippen LogP contribution in [-0.4, -0.2) is 18.8 Å². The molecule has 17 heavy (non-hydrogen) atoms. The molecular formula is C13H17BrINO. The van der Waals surface area contributed by atoms with Crippen LogP contribution in [0.2, 0.25) is 0 Å². The second kappa shape index (κ2) is 6.38. The molecule has 0 aliphatic carbocycles. The molecule has 0 aromatic heterocycles. The van der Waals surface area contributed by atoms with Gasteiger partial charge in [0.1, 0.15) is 0 Å². The second-order valence-corrected chi connectivity index (χ2v) is 6.47. The summed E-state index contributed by atoms with van der Waals surface area (Å²) in [6.07, 6.45) is 3.73. The number of hydrogen-bond donors (Lipinski definition) is 1. The fourth-order valence-electron chi connectivity index (χ4n) is 2.12. The molecule has 0 radical (unpaired) electrons. The molecule has 1 aromatic carbocycles. The molecule has 2 nitrogen and oxygen atoms in total. The van der Waals surface area contributed by atoms with Crippen molar-refractivity contribution >= 4 is 44.2 Å². The summed E-state index contributed by atoms with van der Waals surface area (Å²) < 4.78 is 8.09. The zero-order valence-corrected chi connectivity index (χ0v) is 13.6. The highest BCUT2D eigenvalue weighted by Crippen LogP contribution is 2.26. The van der Waals surface area contributed by atoms with Gasteiger partial charge in [-0.25, -0.2) is 0 Å². The Morgan fingerprint density at radius 1 is 1.53 bits per heavy atom. The van der Waals surface area contributed by atoms with Crippen molar-refractivity contribution in [2.24, 2.45) is 0 Å². The fourth-order valence-corrected chi connectivity index (χ4v) is 2.98. The van der Waals surface area contributed by atoms with E-state index in [1.54, 1.807) is 0 Å². The summed E-state index contributed by atoms with van der Waals surface area (Å²) in [5, 5.41) is 3.64. The number of nitrogens with one attached hydrogen (secondary N) is 1. The zero-order valence-electron chi connectivity index (χ0n) is 9.88. The topological polar surface area (TPSA) is 21.3 Å². The number of anilines is 1. The average Bonchev–Trinajstić information content (AvgIpc) is 2.34. The van der Waals surface area contributed by atoms with Crippen LogP contribution in [0.25, 0.3) is 0 Å². The molecule has 0 amide bonds. The van der Waals surface area contributed by atoms with Gasteiger partial charge in [0, 0.05) is 26.4 Å². The summed E-state index contributed by atoms with van der Waals surface area (Å²) in [6, 6.07) is 6.89. The highest BCUT2D eigenvalue weighted by molar-refractivity contribution is 14.1. The van der Waals surface area contributed by atoms with E-state index in [1.165, 1.54) is 9.26 Å². The standard InChI is InChI=1S/C13H17BrINO/c1-2-11-8-10(5-6-17-11)16-13-7-9(14)3-4-12(13)15/h3-4,7,10-11,16H,2,5-6,8H2,1H3. The lowest BCUT2D eigenvalue weighted by Gasteiger charge is -2.30. The fraction of sp³-hybridized carbons (Fsp3) is 0.538. The first-order chi connectivity index (χ1) is 8.19. The Morgan fingerprint density at radius 2 is 2.35 bits per heavy atom. The minimum atomic E-state index is 0.422. The first kappa shape index (κ1) is 13.6. The summed E-state index contributed by atoms with van der Waals surface area (Å²) in [4.78, 5) is 0. The molecule has 1 saturated heterocycles. The van der Waals surface area contributed by atoms with E-state index >= 15 is 0 Å². The van der Waals surface area contributed by atoms with Crippen molar-refractivity contribution in [3.63, 3.8) is 0 Å². The molecule has 1 aromatic rings. The van der Waals surface area contributed by atoms with E-state index in [-0.39, 0.29) is 0 Å². The molecule has 2 unspecified atom stereocenters. The van der Waals surface area contributed by atoms with Crippen LogP contribution in [-0.2, 0) is 4.74 Å². The predicted octanol–water partition coefficient (Wildman–Crippen LogP) is 4.42. The zero-order chi connectivity index (χ0) is 12.3. The van der Waals surface area contributed by atoms with Crippen molar-refractivity contribution in [3.8, 4) is 0 Å². The van der Waals surface area contributed by atoms with Crippen LogP contribution in [0.5, 0.6) is 0 Å². The molecule has 4 heteroatoms. The number of hydrogen-bond acceptors (Lipinski definition) is 2. The lowest BCUT2D eigenvalue weighted by Crippen LogP contribution is -2.33. The van der Waals surface area contributed by atoms with Crippen molar-refractivity contribution in [3.05, 3.63) is 26.2 Å². The van der Waals surface area contributed by atoms with Crippen LogP contribution in [0.4, 0.5) is 5.69 Å². The summed E-state index contributed by atoms with van der Waals surface area (Å²) in [5.41, 5.74) is 1.22. The summed E-state index contributed by atoms with van der Waals surface area (Å²) in [5.74, 6) is 0. The largest absolute Gasteiger partial charge is 0.381 e. The smallest absolute Gasteiger partial charge is 0.0592 e. The lowest BCUT2D eigenvalue weighted by molar-refractivity contribution is 0.00925. The van der Waals surface area contributed by atoms with E-state index in [1.807, 2.05) is 0 Å². The molecule has 0 spiro atoms. The molecule has 94 valence electrons. The molecule has 1 aliphatic rings. The van der Waals surface area contributed by atoms with Crippen LogP contribution in [0.1, 0.15) is 26.2 Å².